The van der Waals surface area contributed by atoms with Crippen LogP contribution in [0.25, 0.3) is 0 Å². The van der Waals surface area contributed by atoms with E-state index in [1.165, 1.54) is 24.4 Å². The topological polar surface area (TPSA) is 68.0 Å². The van der Waals surface area contributed by atoms with Crippen LogP contribution in [0.15, 0.2) is 12.3 Å². The van der Waals surface area contributed by atoms with Gasteiger partial charge in [0.25, 0.3) is 5.91 Å². The molecule has 100 valence electrons. The molecule has 0 aliphatic rings. The number of pyridine rings is 1. The van der Waals surface area contributed by atoms with Gasteiger partial charge in [-0.15, -0.1) is 0 Å². The number of halogens is 1. The van der Waals surface area contributed by atoms with Crippen LogP contribution < -0.4 is 11.1 Å². The van der Waals surface area contributed by atoms with Gasteiger partial charge < -0.3 is 11.1 Å². The summed E-state index contributed by atoms with van der Waals surface area (Å²) in [6.45, 7) is 0.676. The van der Waals surface area contributed by atoms with Crippen molar-refractivity contribution in [3.63, 3.8) is 0 Å². The average Bonchev–Trinajstić information content (AvgIpc) is 2.36. The van der Waals surface area contributed by atoms with Crippen molar-refractivity contribution in [1.82, 2.24) is 10.3 Å². The number of nitrogen functional groups attached to an aromatic ring is 1. The maximum Gasteiger partial charge on any atom is 0.252 e. The minimum Gasteiger partial charge on any atom is -0.382 e. The zero-order chi connectivity index (χ0) is 13.4. The maximum absolute atomic E-state index is 11.7. The largest absolute Gasteiger partial charge is 0.382 e. The van der Waals surface area contributed by atoms with Gasteiger partial charge in [0.1, 0.15) is 5.82 Å². The van der Waals surface area contributed by atoms with Gasteiger partial charge in [0.05, 0.1) is 10.6 Å². The van der Waals surface area contributed by atoms with E-state index in [2.05, 4.69) is 16.6 Å². The lowest BCUT2D eigenvalue weighted by atomic mass is 10.2. The molecule has 1 amide bonds. The molecule has 1 rings (SSSR count). The van der Waals surface area contributed by atoms with Crippen LogP contribution in [0.3, 0.4) is 0 Å². The standard InChI is InChI=1S/C12H18ClN3OS/c1-18-6-4-2-3-5-15-12(17)9-7-10(13)11(14)16-8-9/h7-8H,2-6H2,1H3,(H2,14,16)(H,15,17). The zero-order valence-electron chi connectivity index (χ0n) is 10.4. The number of anilines is 1. The number of rotatable bonds is 7. The van der Waals surface area contributed by atoms with Gasteiger partial charge in [-0.2, -0.15) is 11.8 Å². The van der Waals surface area contributed by atoms with Crippen molar-refractivity contribution >= 4 is 35.1 Å². The second kappa shape index (κ2) is 8.21. The number of carbonyl (C=O) groups is 1. The molecule has 18 heavy (non-hydrogen) atoms. The lowest BCUT2D eigenvalue weighted by molar-refractivity contribution is 0.0952. The predicted molar refractivity (Wildman–Crippen MR) is 78.2 cm³/mol. The summed E-state index contributed by atoms with van der Waals surface area (Å²) >= 11 is 7.65. The Morgan fingerprint density at radius 1 is 1.50 bits per heavy atom. The van der Waals surface area contributed by atoms with Crippen molar-refractivity contribution in [2.24, 2.45) is 0 Å². The highest BCUT2D eigenvalue weighted by molar-refractivity contribution is 7.98. The van der Waals surface area contributed by atoms with Crippen LogP contribution in [0.4, 0.5) is 5.82 Å². The summed E-state index contributed by atoms with van der Waals surface area (Å²) in [7, 11) is 0. The third-order valence-electron chi connectivity index (χ3n) is 2.44. The quantitative estimate of drug-likeness (QED) is 0.757. The van der Waals surface area contributed by atoms with E-state index in [4.69, 9.17) is 17.3 Å². The van der Waals surface area contributed by atoms with Gasteiger partial charge in [0.15, 0.2) is 0 Å². The summed E-state index contributed by atoms with van der Waals surface area (Å²) in [6, 6.07) is 1.53. The van der Waals surface area contributed by atoms with Crippen LogP contribution in [0.5, 0.6) is 0 Å². The first-order valence-electron chi connectivity index (χ1n) is 5.83. The highest BCUT2D eigenvalue weighted by atomic mass is 35.5. The molecule has 4 nitrogen and oxygen atoms in total. The molecule has 0 unspecified atom stereocenters. The van der Waals surface area contributed by atoms with Crippen LogP contribution in [-0.2, 0) is 0 Å². The van der Waals surface area contributed by atoms with E-state index in [0.717, 1.165) is 12.8 Å². The number of unbranched alkanes of at least 4 members (excludes halogenated alkanes) is 2. The fourth-order valence-corrected chi connectivity index (χ4v) is 2.08. The SMILES string of the molecule is CSCCCCCNC(=O)c1cnc(N)c(Cl)c1. The number of amides is 1. The van der Waals surface area contributed by atoms with Crippen LogP contribution in [0.1, 0.15) is 29.6 Å². The number of nitrogens with two attached hydrogens (primary N) is 1. The normalized spacial score (nSPS) is 10.3. The molecule has 1 heterocycles. The highest BCUT2D eigenvalue weighted by Crippen LogP contribution is 2.16. The molecule has 1 aromatic rings. The first-order valence-corrected chi connectivity index (χ1v) is 7.60. The van der Waals surface area contributed by atoms with E-state index in [0.29, 0.717) is 17.1 Å². The van der Waals surface area contributed by atoms with Crippen molar-refractivity contribution in [3.8, 4) is 0 Å². The molecule has 0 atom stereocenters. The Labute approximate surface area is 117 Å². The van der Waals surface area contributed by atoms with E-state index < -0.39 is 0 Å². The summed E-state index contributed by atoms with van der Waals surface area (Å²) in [6.07, 6.45) is 6.83. The maximum atomic E-state index is 11.7. The van der Waals surface area contributed by atoms with Gasteiger partial charge >= 0.3 is 0 Å². The van der Waals surface area contributed by atoms with Crippen molar-refractivity contribution in [2.45, 2.75) is 19.3 Å². The van der Waals surface area contributed by atoms with E-state index in [9.17, 15) is 4.79 Å². The van der Waals surface area contributed by atoms with E-state index in [1.54, 1.807) is 0 Å². The Bertz CT molecular complexity index is 401. The van der Waals surface area contributed by atoms with Crippen molar-refractivity contribution in [3.05, 3.63) is 22.8 Å². The molecule has 0 bridgehead atoms. The van der Waals surface area contributed by atoms with Crippen molar-refractivity contribution in [2.75, 3.05) is 24.3 Å². The summed E-state index contributed by atoms with van der Waals surface area (Å²) in [4.78, 5) is 15.6. The minimum absolute atomic E-state index is 0.158. The number of nitrogens with one attached hydrogen (secondary N) is 1. The molecule has 0 fully saturated rings. The zero-order valence-corrected chi connectivity index (χ0v) is 12.0. The van der Waals surface area contributed by atoms with E-state index in [1.807, 2.05) is 11.8 Å². The summed E-state index contributed by atoms with van der Waals surface area (Å²) in [5.74, 6) is 1.25. The molecule has 0 spiro atoms. The molecule has 0 aliphatic heterocycles. The number of hydrogen-bond acceptors (Lipinski definition) is 4. The Kier molecular flexibility index (Phi) is 6.90. The van der Waals surface area contributed by atoms with Gasteiger partial charge in [-0.25, -0.2) is 4.98 Å². The highest BCUT2D eigenvalue weighted by Gasteiger charge is 2.07. The summed E-state index contributed by atoms with van der Waals surface area (Å²) < 4.78 is 0. The molecule has 0 aliphatic carbocycles. The third-order valence-corrected chi connectivity index (χ3v) is 3.44. The molecule has 6 heteroatoms. The van der Waals surface area contributed by atoms with E-state index in [-0.39, 0.29) is 11.7 Å². The van der Waals surface area contributed by atoms with Crippen LogP contribution >= 0.6 is 23.4 Å². The van der Waals surface area contributed by atoms with Gasteiger partial charge in [-0.3, -0.25) is 4.79 Å². The van der Waals surface area contributed by atoms with Crippen LogP contribution in [-0.4, -0.2) is 29.4 Å². The monoisotopic (exact) mass is 287 g/mol. The fraction of sp³-hybridized carbons (Fsp3) is 0.500. The van der Waals surface area contributed by atoms with Gasteiger partial charge in [0.2, 0.25) is 0 Å². The Balaban J connectivity index is 2.30. The van der Waals surface area contributed by atoms with Crippen LogP contribution in [0.2, 0.25) is 5.02 Å². The molecular formula is C12H18ClN3OS. The lowest BCUT2D eigenvalue weighted by Crippen LogP contribution is -2.24. The first kappa shape index (κ1) is 15.1. The van der Waals surface area contributed by atoms with Gasteiger partial charge in [0, 0.05) is 12.7 Å². The predicted octanol–water partition coefficient (Wildman–Crippen LogP) is 2.58. The molecule has 0 saturated carbocycles. The molecule has 0 radical (unpaired) electrons. The van der Waals surface area contributed by atoms with Gasteiger partial charge in [-0.05, 0) is 30.9 Å². The van der Waals surface area contributed by atoms with Crippen molar-refractivity contribution in [1.29, 1.82) is 0 Å². The smallest absolute Gasteiger partial charge is 0.252 e. The molecule has 0 aromatic carbocycles. The molecule has 3 N–H and O–H groups in total. The van der Waals surface area contributed by atoms with Crippen LogP contribution in [0, 0.1) is 0 Å². The van der Waals surface area contributed by atoms with E-state index >= 15 is 0 Å². The van der Waals surface area contributed by atoms with Crippen molar-refractivity contribution < 1.29 is 4.79 Å². The summed E-state index contributed by atoms with van der Waals surface area (Å²) in [5.41, 5.74) is 5.92. The number of nitrogens with zero attached hydrogens (tertiary/aromatic N) is 1. The Hall–Kier alpha value is -0.940. The number of thioether (sulfide) groups is 1. The second-order valence-corrected chi connectivity index (χ2v) is 5.29. The fourth-order valence-electron chi connectivity index (χ4n) is 1.42. The number of hydrogen-bond donors (Lipinski definition) is 2. The Morgan fingerprint density at radius 2 is 2.28 bits per heavy atom. The van der Waals surface area contributed by atoms with Gasteiger partial charge in [-0.1, -0.05) is 18.0 Å². The molecule has 1 aromatic heterocycles. The first-order chi connectivity index (χ1) is 8.65. The second-order valence-electron chi connectivity index (χ2n) is 3.90. The average molecular weight is 288 g/mol. The Morgan fingerprint density at radius 3 is 2.94 bits per heavy atom. The number of aromatic nitrogens is 1. The molecular weight excluding hydrogens is 270 g/mol. The third kappa shape index (κ3) is 5.14. The number of carbonyl (C=O) groups excluding carboxylic acids is 1. The summed E-state index contributed by atoms with van der Waals surface area (Å²) in [5, 5.41) is 3.15. The molecule has 0 saturated heterocycles. The minimum atomic E-state index is -0.158. The lowest BCUT2D eigenvalue weighted by Gasteiger charge is -2.05.